The van der Waals surface area contributed by atoms with Gasteiger partial charge >= 0.3 is 0 Å². The molecule has 0 saturated heterocycles. The average Bonchev–Trinajstić information content (AvgIpc) is 3.36. The summed E-state index contributed by atoms with van der Waals surface area (Å²) in [6.45, 7) is 2.14. The molecule has 3 N–H and O–H groups in total. The summed E-state index contributed by atoms with van der Waals surface area (Å²) >= 11 is 1.34. The van der Waals surface area contributed by atoms with Crippen molar-refractivity contribution >= 4 is 27.3 Å². The molecule has 1 heterocycles. The van der Waals surface area contributed by atoms with Crippen molar-refractivity contribution in [1.82, 2.24) is 9.71 Å². The number of halogens is 1. The van der Waals surface area contributed by atoms with Crippen LogP contribution >= 0.6 is 11.3 Å². The van der Waals surface area contributed by atoms with Crippen LogP contribution in [0.2, 0.25) is 0 Å². The van der Waals surface area contributed by atoms with Gasteiger partial charge in [-0.05, 0) is 55.9 Å². The Morgan fingerprint density at radius 1 is 1.26 bits per heavy atom. The summed E-state index contributed by atoms with van der Waals surface area (Å²) in [5.41, 5.74) is 6.94. The Bertz CT molecular complexity index is 1330. The van der Waals surface area contributed by atoms with Gasteiger partial charge in [0.1, 0.15) is 17.3 Å². The van der Waals surface area contributed by atoms with Gasteiger partial charge in [0.05, 0.1) is 16.7 Å². The number of thiazole rings is 1. The minimum absolute atomic E-state index is 0.287. The Hall–Kier alpha value is -2.82. The summed E-state index contributed by atoms with van der Waals surface area (Å²) in [6, 6.07) is 14.0. The number of aromatic nitrogens is 1. The maximum Gasteiger partial charge on any atom is 0.233 e. The summed E-state index contributed by atoms with van der Waals surface area (Å²) in [4.78, 5) is 17.5. The molecule has 1 aliphatic rings. The zero-order chi connectivity index (χ0) is 25.2. The van der Waals surface area contributed by atoms with E-state index in [0.717, 1.165) is 22.4 Å². The smallest absolute Gasteiger partial charge is 0.233 e. The first kappa shape index (κ1) is 25.3. The molecule has 1 amide bonds. The Morgan fingerprint density at radius 2 is 2.00 bits per heavy atom. The molecule has 1 aliphatic carbocycles. The first-order valence-electron chi connectivity index (χ1n) is 11.2. The van der Waals surface area contributed by atoms with Gasteiger partial charge in [0.25, 0.3) is 0 Å². The molecule has 7 nitrogen and oxygen atoms in total. The number of amides is 1. The van der Waals surface area contributed by atoms with Gasteiger partial charge in [-0.15, -0.1) is 11.3 Å². The molecule has 2 aromatic carbocycles. The van der Waals surface area contributed by atoms with E-state index in [9.17, 15) is 17.6 Å². The van der Waals surface area contributed by atoms with Crippen molar-refractivity contribution in [2.75, 3.05) is 6.26 Å². The van der Waals surface area contributed by atoms with Gasteiger partial charge in [-0.2, -0.15) is 0 Å². The summed E-state index contributed by atoms with van der Waals surface area (Å²) in [7, 11) is -3.40. The SMILES string of the molecule is Cc1nc(OCc2ccccc2)c(-c2cc(C[C@]3(C(N)=O)CC[C@H](NS(C)(=O)=O)C3)ccc2F)s1. The van der Waals surface area contributed by atoms with Crippen molar-refractivity contribution in [2.45, 2.75) is 45.3 Å². The van der Waals surface area contributed by atoms with E-state index < -0.39 is 27.2 Å². The van der Waals surface area contributed by atoms with Crippen LogP contribution in [0.25, 0.3) is 10.4 Å². The zero-order valence-electron chi connectivity index (χ0n) is 19.6. The van der Waals surface area contributed by atoms with Crippen LogP contribution in [0.3, 0.4) is 0 Å². The zero-order valence-corrected chi connectivity index (χ0v) is 21.2. The van der Waals surface area contributed by atoms with E-state index in [0.29, 0.717) is 42.2 Å². The van der Waals surface area contributed by atoms with Gasteiger partial charge in [-0.25, -0.2) is 22.5 Å². The lowest BCUT2D eigenvalue weighted by Gasteiger charge is -2.26. The van der Waals surface area contributed by atoms with Crippen LogP contribution in [0, 0.1) is 18.2 Å². The fraction of sp³-hybridized carbons (Fsp3) is 0.360. The number of nitrogens with one attached hydrogen (secondary N) is 1. The number of ether oxygens (including phenoxy) is 1. The van der Waals surface area contributed by atoms with E-state index >= 15 is 0 Å². The van der Waals surface area contributed by atoms with Crippen LogP contribution in [0.1, 0.15) is 35.4 Å². The highest BCUT2D eigenvalue weighted by atomic mass is 32.2. The predicted octanol–water partition coefficient (Wildman–Crippen LogP) is 3.95. The third-order valence-electron chi connectivity index (χ3n) is 6.25. The number of nitrogens with zero attached hydrogens (tertiary/aromatic N) is 1. The monoisotopic (exact) mass is 517 g/mol. The number of rotatable bonds is 9. The summed E-state index contributed by atoms with van der Waals surface area (Å²) in [5.74, 6) is -0.546. The van der Waals surface area contributed by atoms with Gasteiger partial charge in [0.15, 0.2) is 0 Å². The van der Waals surface area contributed by atoms with Crippen LogP contribution in [-0.4, -0.2) is 31.6 Å². The van der Waals surface area contributed by atoms with E-state index in [1.807, 2.05) is 37.3 Å². The Balaban J connectivity index is 1.59. The molecule has 0 unspecified atom stereocenters. The number of sulfonamides is 1. The number of aryl methyl sites for hydroxylation is 1. The van der Waals surface area contributed by atoms with Gasteiger partial charge in [-0.3, -0.25) is 4.79 Å². The van der Waals surface area contributed by atoms with Crippen LogP contribution in [-0.2, 0) is 27.8 Å². The second-order valence-corrected chi connectivity index (χ2v) is 12.1. The highest BCUT2D eigenvalue weighted by molar-refractivity contribution is 7.88. The lowest BCUT2D eigenvalue weighted by atomic mass is 9.79. The Morgan fingerprint density at radius 3 is 2.69 bits per heavy atom. The third-order valence-corrected chi connectivity index (χ3v) is 8.00. The van der Waals surface area contributed by atoms with Crippen molar-refractivity contribution in [2.24, 2.45) is 11.1 Å². The first-order chi connectivity index (χ1) is 16.5. The molecule has 186 valence electrons. The summed E-state index contributed by atoms with van der Waals surface area (Å²) in [5, 5.41) is 0.743. The normalized spacial score (nSPS) is 20.1. The lowest BCUT2D eigenvalue weighted by molar-refractivity contribution is -0.127. The molecule has 0 radical (unpaired) electrons. The van der Waals surface area contributed by atoms with E-state index in [4.69, 9.17) is 10.5 Å². The number of hydrogen-bond donors (Lipinski definition) is 2. The van der Waals surface area contributed by atoms with Gasteiger partial charge in [0, 0.05) is 11.6 Å². The minimum atomic E-state index is -3.40. The average molecular weight is 518 g/mol. The Kier molecular flexibility index (Phi) is 7.25. The van der Waals surface area contributed by atoms with Crippen LogP contribution in [0.15, 0.2) is 48.5 Å². The van der Waals surface area contributed by atoms with Crippen molar-refractivity contribution < 1.29 is 22.3 Å². The van der Waals surface area contributed by atoms with Crippen molar-refractivity contribution in [3.63, 3.8) is 0 Å². The van der Waals surface area contributed by atoms with Crippen molar-refractivity contribution in [3.8, 4) is 16.3 Å². The van der Waals surface area contributed by atoms with E-state index in [2.05, 4.69) is 9.71 Å². The maximum atomic E-state index is 15.0. The van der Waals surface area contributed by atoms with Gasteiger partial charge in [0.2, 0.25) is 21.8 Å². The second-order valence-electron chi connectivity index (χ2n) is 9.11. The Labute approximate surface area is 208 Å². The lowest BCUT2D eigenvalue weighted by Crippen LogP contribution is -2.40. The molecule has 1 saturated carbocycles. The molecular formula is C25H28FN3O4S2. The second kappa shape index (κ2) is 10.0. The fourth-order valence-electron chi connectivity index (χ4n) is 4.65. The molecule has 0 spiro atoms. The topological polar surface area (TPSA) is 111 Å². The molecule has 1 aromatic heterocycles. The molecule has 4 rings (SSSR count). The van der Waals surface area contributed by atoms with Gasteiger partial charge in [-0.1, -0.05) is 36.4 Å². The van der Waals surface area contributed by atoms with E-state index in [1.165, 1.54) is 17.4 Å². The summed E-state index contributed by atoms with van der Waals surface area (Å²) < 4.78 is 46.8. The molecule has 2 atom stereocenters. The third kappa shape index (κ3) is 6.06. The largest absolute Gasteiger partial charge is 0.472 e. The quantitative estimate of drug-likeness (QED) is 0.446. The van der Waals surface area contributed by atoms with E-state index in [1.54, 1.807) is 12.1 Å². The number of carbonyl (C=O) groups excluding carboxylic acids is 1. The van der Waals surface area contributed by atoms with Crippen LogP contribution in [0.4, 0.5) is 4.39 Å². The molecule has 1 fully saturated rings. The number of nitrogens with two attached hydrogens (primary N) is 1. The highest BCUT2D eigenvalue weighted by Crippen LogP contribution is 2.43. The minimum Gasteiger partial charge on any atom is -0.472 e. The number of benzene rings is 2. The van der Waals surface area contributed by atoms with Crippen LogP contribution in [0.5, 0.6) is 5.88 Å². The maximum absolute atomic E-state index is 15.0. The van der Waals surface area contributed by atoms with Crippen molar-refractivity contribution in [3.05, 3.63) is 70.5 Å². The highest BCUT2D eigenvalue weighted by Gasteiger charge is 2.44. The van der Waals surface area contributed by atoms with Gasteiger partial charge < -0.3 is 10.5 Å². The molecule has 3 aromatic rings. The number of primary amides is 1. The fourth-order valence-corrected chi connectivity index (χ4v) is 6.34. The number of carbonyl (C=O) groups is 1. The van der Waals surface area contributed by atoms with Crippen molar-refractivity contribution in [1.29, 1.82) is 0 Å². The molecular weight excluding hydrogens is 489 g/mol. The number of hydrogen-bond acceptors (Lipinski definition) is 6. The molecule has 35 heavy (non-hydrogen) atoms. The standard InChI is InChI=1S/C25H28FN3O4S2/c1-16-28-23(33-15-17-6-4-3-5-7-17)22(34-16)20-12-18(8-9-21(20)26)13-25(24(27)30)11-10-19(14-25)29-35(2,31)32/h3-9,12,19,29H,10-11,13-15H2,1-2H3,(H2,27,30)/t19-,25+/m0/s1. The summed E-state index contributed by atoms with van der Waals surface area (Å²) in [6.07, 6.45) is 2.64. The van der Waals surface area contributed by atoms with Crippen LogP contribution < -0.4 is 15.2 Å². The first-order valence-corrected chi connectivity index (χ1v) is 14.0. The molecule has 10 heteroatoms. The predicted molar refractivity (Wildman–Crippen MR) is 134 cm³/mol. The molecule has 0 bridgehead atoms. The van der Waals surface area contributed by atoms with E-state index in [-0.39, 0.29) is 12.5 Å². The molecule has 0 aliphatic heterocycles.